The smallest absolute Gasteiger partial charge is 0.472 e. The van der Waals surface area contributed by atoms with Gasteiger partial charge in [-0.2, -0.15) is 0 Å². The summed E-state index contributed by atoms with van der Waals surface area (Å²) in [5, 5.41) is 8.89. The zero-order valence-corrected chi connectivity index (χ0v) is 36.0. The van der Waals surface area contributed by atoms with Gasteiger partial charge in [-0.05, 0) is 51.4 Å². The van der Waals surface area contributed by atoms with E-state index in [-0.39, 0.29) is 19.4 Å². The third kappa shape index (κ3) is 33.0. The van der Waals surface area contributed by atoms with E-state index in [0.717, 1.165) is 51.4 Å². The molecular weight excluding hydrogens is 749 g/mol. The van der Waals surface area contributed by atoms with Crippen molar-refractivity contribution in [3.8, 4) is 0 Å². The third-order valence-electron chi connectivity index (χ3n) is 9.49. The molecule has 4 N–H and O–H groups in total. The van der Waals surface area contributed by atoms with E-state index in [1.165, 1.54) is 70.6 Å². The summed E-state index contributed by atoms with van der Waals surface area (Å²) in [5.41, 5.74) is 5.33. The Morgan fingerprint density at radius 1 is 0.649 bits per heavy atom. The number of carboxylic acid groups (broad SMARTS) is 1. The minimum Gasteiger partial charge on any atom is -0.480 e. The fraction of sp³-hybridized carbons (Fsp3) is 0.750. The SMILES string of the molecule is CCC=CCC1OC1CC=CCC=CCC=CCCCC(=O)OC(COC(=O)CCCCCCCCCCCCCCCCC)COP(=O)(O)OCC(N)C(=O)O. The summed E-state index contributed by atoms with van der Waals surface area (Å²) in [7, 11) is -4.73. The van der Waals surface area contributed by atoms with Crippen molar-refractivity contribution in [2.24, 2.45) is 5.73 Å². The van der Waals surface area contributed by atoms with Crippen molar-refractivity contribution in [2.75, 3.05) is 19.8 Å². The first-order valence-electron chi connectivity index (χ1n) is 21.8. The van der Waals surface area contributed by atoms with Crippen molar-refractivity contribution in [3.05, 3.63) is 48.6 Å². The minimum atomic E-state index is -4.73. The third-order valence-corrected chi connectivity index (χ3v) is 10.4. The topological polar surface area (TPSA) is 184 Å². The molecule has 0 aromatic carbocycles. The summed E-state index contributed by atoms with van der Waals surface area (Å²) < 4.78 is 38.3. The molecule has 0 bridgehead atoms. The highest BCUT2D eigenvalue weighted by Gasteiger charge is 2.36. The number of phosphoric acid groups is 1. The molecule has 1 aliphatic heterocycles. The lowest BCUT2D eigenvalue weighted by Crippen LogP contribution is -2.34. The van der Waals surface area contributed by atoms with Crippen LogP contribution in [0, 0.1) is 0 Å². The molecule has 1 aliphatic rings. The number of carbonyl (C=O) groups excluding carboxylic acids is 2. The van der Waals surface area contributed by atoms with E-state index < -0.39 is 51.1 Å². The largest absolute Gasteiger partial charge is 0.480 e. The first kappa shape index (κ1) is 52.4. The highest BCUT2D eigenvalue weighted by Crippen LogP contribution is 2.43. The minimum absolute atomic E-state index is 0.0791. The predicted octanol–water partition coefficient (Wildman–Crippen LogP) is 10.4. The second-order valence-electron chi connectivity index (χ2n) is 14.8. The van der Waals surface area contributed by atoms with E-state index >= 15 is 0 Å². The Hall–Kier alpha value is -2.60. The lowest BCUT2D eigenvalue weighted by Gasteiger charge is -2.20. The molecule has 0 amide bonds. The number of unbranched alkanes of at least 4 members (excludes halogenated alkanes) is 15. The summed E-state index contributed by atoms with van der Waals surface area (Å²) in [5.74, 6) is -2.46. The normalized spacial score (nSPS) is 17.8. The molecule has 0 aliphatic carbocycles. The van der Waals surface area contributed by atoms with E-state index in [9.17, 15) is 23.8 Å². The van der Waals surface area contributed by atoms with Crippen molar-refractivity contribution >= 4 is 25.7 Å². The molecule has 1 saturated heterocycles. The number of esters is 2. The maximum absolute atomic E-state index is 12.6. The van der Waals surface area contributed by atoms with Crippen LogP contribution in [0.1, 0.15) is 168 Å². The van der Waals surface area contributed by atoms with Gasteiger partial charge in [-0.3, -0.25) is 23.4 Å². The van der Waals surface area contributed by atoms with Gasteiger partial charge < -0.3 is 29.9 Å². The van der Waals surface area contributed by atoms with Crippen molar-refractivity contribution in [2.45, 2.75) is 192 Å². The average molecular weight is 826 g/mol. The van der Waals surface area contributed by atoms with Gasteiger partial charge >= 0.3 is 25.7 Å². The van der Waals surface area contributed by atoms with Crippen LogP contribution < -0.4 is 5.73 Å². The number of allylic oxidation sites excluding steroid dienone is 6. The van der Waals surface area contributed by atoms with Crippen LogP contribution in [0.3, 0.4) is 0 Å². The first-order valence-corrected chi connectivity index (χ1v) is 23.3. The van der Waals surface area contributed by atoms with E-state index in [0.29, 0.717) is 31.5 Å². The van der Waals surface area contributed by atoms with E-state index in [4.69, 9.17) is 29.6 Å². The van der Waals surface area contributed by atoms with Gasteiger partial charge in [0.1, 0.15) is 12.6 Å². The monoisotopic (exact) mass is 826 g/mol. The van der Waals surface area contributed by atoms with Crippen LogP contribution in [0.4, 0.5) is 0 Å². The number of aliphatic carboxylic acids is 1. The molecule has 1 heterocycles. The number of ether oxygens (including phenoxy) is 3. The second kappa shape index (κ2) is 35.4. The Kier molecular flexibility index (Phi) is 32.5. The summed E-state index contributed by atoms with van der Waals surface area (Å²) in [6.07, 6.45) is 40.8. The Balaban J connectivity index is 2.32. The van der Waals surface area contributed by atoms with Crippen molar-refractivity contribution in [3.63, 3.8) is 0 Å². The van der Waals surface area contributed by atoms with Crippen LogP contribution in [0.25, 0.3) is 0 Å². The van der Waals surface area contributed by atoms with E-state index in [1.807, 2.05) is 12.2 Å². The summed E-state index contributed by atoms with van der Waals surface area (Å²) in [4.78, 5) is 45.9. The molecule has 12 nitrogen and oxygen atoms in total. The number of hydrogen-bond donors (Lipinski definition) is 3. The summed E-state index contributed by atoms with van der Waals surface area (Å²) in [6, 6.07) is -1.53. The molecule has 0 spiro atoms. The average Bonchev–Trinajstić information content (AvgIpc) is 3.94. The van der Waals surface area contributed by atoms with Crippen molar-refractivity contribution in [1.29, 1.82) is 0 Å². The maximum Gasteiger partial charge on any atom is 0.472 e. The Labute approximate surface area is 343 Å². The fourth-order valence-electron chi connectivity index (χ4n) is 5.97. The number of nitrogens with two attached hydrogens (primary N) is 1. The molecule has 57 heavy (non-hydrogen) atoms. The fourth-order valence-corrected chi connectivity index (χ4v) is 6.74. The number of hydrogen-bond acceptors (Lipinski definition) is 10. The highest BCUT2D eigenvalue weighted by atomic mass is 31.2. The highest BCUT2D eigenvalue weighted by molar-refractivity contribution is 7.47. The predicted molar refractivity (Wildman–Crippen MR) is 226 cm³/mol. The summed E-state index contributed by atoms with van der Waals surface area (Å²) >= 11 is 0. The molecule has 13 heteroatoms. The van der Waals surface area contributed by atoms with Gasteiger partial charge in [-0.15, -0.1) is 0 Å². The molecule has 1 rings (SSSR count). The van der Waals surface area contributed by atoms with Gasteiger partial charge in [0, 0.05) is 12.8 Å². The molecule has 5 unspecified atom stereocenters. The van der Waals surface area contributed by atoms with Crippen molar-refractivity contribution in [1.82, 2.24) is 0 Å². The van der Waals surface area contributed by atoms with Gasteiger partial charge in [-0.1, -0.05) is 152 Å². The van der Waals surface area contributed by atoms with Crippen LogP contribution in [0.15, 0.2) is 48.6 Å². The Morgan fingerprint density at radius 3 is 1.70 bits per heavy atom. The van der Waals surface area contributed by atoms with Gasteiger partial charge in [-0.25, -0.2) is 4.57 Å². The molecule has 0 aromatic heterocycles. The molecular formula is C44H76NO11P. The number of epoxide rings is 1. The van der Waals surface area contributed by atoms with Gasteiger partial charge in [0.2, 0.25) is 0 Å². The molecule has 0 saturated carbocycles. The molecule has 5 atom stereocenters. The quantitative estimate of drug-likeness (QED) is 0.0175. The Morgan fingerprint density at radius 2 is 1.14 bits per heavy atom. The van der Waals surface area contributed by atoms with E-state index in [2.05, 4.69) is 54.8 Å². The van der Waals surface area contributed by atoms with Crippen molar-refractivity contribution < 1.29 is 52.2 Å². The van der Waals surface area contributed by atoms with Crippen LogP contribution in [-0.2, 0) is 42.2 Å². The molecule has 0 aromatic rings. The number of carbonyl (C=O) groups is 3. The lowest BCUT2D eigenvalue weighted by atomic mass is 10.0. The maximum atomic E-state index is 12.6. The first-order chi connectivity index (χ1) is 27.6. The second-order valence-corrected chi connectivity index (χ2v) is 16.3. The number of rotatable bonds is 39. The zero-order chi connectivity index (χ0) is 41.8. The lowest BCUT2D eigenvalue weighted by molar-refractivity contribution is -0.161. The van der Waals surface area contributed by atoms with Gasteiger partial charge in [0.05, 0.1) is 25.4 Å². The Bertz CT molecular complexity index is 1220. The van der Waals surface area contributed by atoms with Crippen LogP contribution in [0.2, 0.25) is 0 Å². The standard InChI is InChI=1S/C44H76NO11P/c1-3-5-7-8-9-10-11-12-13-14-15-19-22-25-29-33-42(46)52-35-38(36-53-57(50,51)54-37-39(45)44(48)49)55-43(47)34-30-26-23-20-17-16-18-21-24-28-32-41-40(56-41)31-27-6-4-2/h6,16,18,20,23-24,27-28,38-41H,3-5,7-15,17,19,21-22,25-26,29-37,45H2,1-2H3,(H,48,49)(H,50,51). The van der Waals surface area contributed by atoms with Gasteiger partial charge in [0.15, 0.2) is 6.10 Å². The molecule has 1 fully saturated rings. The number of carboxylic acids is 1. The van der Waals surface area contributed by atoms with Crippen LogP contribution >= 0.6 is 7.82 Å². The van der Waals surface area contributed by atoms with Crippen LogP contribution in [-0.4, -0.2) is 72.1 Å². The number of phosphoric ester groups is 1. The van der Waals surface area contributed by atoms with Crippen LogP contribution in [0.5, 0.6) is 0 Å². The molecule has 0 radical (unpaired) electrons. The van der Waals surface area contributed by atoms with Gasteiger partial charge in [0.25, 0.3) is 0 Å². The van der Waals surface area contributed by atoms with E-state index in [1.54, 1.807) is 0 Å². The zero-order valence-electron chi connectivity index (χ0n) is 35.1. The summed E-state index contributed by atoms with van der Waals surface area (Å²) in [6.45, 7) is 2.62. The molecule has 328 valence electrons.